The molecule has 0 aromatic heterocycles. The molecule has 1 nitrogen and oxygen atoms in total. The Hall–Kier alpha value is -0.240. The van der Waals surface area contributed by atoms with Gasteiger partial charge in [-0.05, 0) is 17.0 Å². The number of rotatable bonds is 5. The van der Waals surface area contributed by atoms with Crippen LogP contribution in [0.3, 0.4) is 0 Å². The molecule has 3 heteroatoms. The lowest BCUT2D eigenvalue weighted by Gasteiger charge is -2.17. The molecule has 16 heavy (non-hydrogen) atoms. The van der Waals surface area contributed by atoms with Crippen molar-refractivity contribution in [1.29, 1.82) is 0 Å². The molecule has 1 atom stereocenters. The molecule has 0 aliphatic rings. The van der Waals surface area contributed by atoms with Crippen molar-refractivity contribution in [2.24, 2.45) is 0 Å². The van der Waals surface area contributed by atoms with Crippen LogP contribution < -0.4 is 0 Å². The van der Waals surface area contributed by atoms with Crippen molar-refractivity contribution in [3.8, 4) is 0 Å². The number of hydrogen-bond donors (Lipinski definition) is 0. The summed E-state index contributed by atoms with van der Waals surface area (Å²) in [4.78, 5) is -0.394. The third-order valence-electron chi connectivity index (χ3n) is 2.65. The zero-order valence-corrected chi connectivity index (χ0v) is 11.4. The Kier molecular flexibility index (Phi) is 5.60. The molecule has 0 radical (unpaired) electrons. The van der Waals surface area contributed by atoms with Crippen molar-refractivity contribution < 1.29 is 4.74 Å². The number of hydrogen-bond acceptors (Lipinski definition) is 1. The molecule has 1 rings (SSSR count). The van der Waals surface area contributed by atoms with E-state index in [1.807, 2.05) is 0 Å². The number of halogens is 2. The summed E-state index contributed by atoms with van der Waals surface area (Å²) in [5, 5.41) is 0. The fraction of sp³-hybridized carbons (Fsp3) is 0.538. The molecule has 0 bridgehead atoms. The molecule has 0 saturated carbocycles. The van der Waals surface area contributed by atoms with Crippen LogP contribution in [-0.4, -0.2) is 11.9 Å². The lowest BCUT2D eigenvalue weighted by molar-refractivity contribution is 0.0988. The molecule has 0 fully saturated rings. The monoisotopic (exact) mass is 260 g/mol. The van der Waals surface area contributed by atoms with Gasteiger partial charge in [0.05, 0.1) is 6.10 Å². The van der Waals surface area contributed by atoms with Gasteiger partial charge in [0.15, 0.2) is 0 Å². The Morgan fingerprint density at radius 2 is 1.56 bits per heavy atom. The minimum Gasteiger partial charge on any atom is -0.377 e. The highest BCUT2D eigenvalue weighted by Gasteiger charge is 2.14. The minimum atomic E-state index is -0.394. The lowest BCUT2D eigenvalue weighted by Crippen LogP contribution is -2.05. The van der Waals surface area contributed by atoms with Crippen molar-refractivity contribution in [2.45, 2.75) is 37.1 Å². The van der Waals surface area contributed by atoms with E-state index in [0.29, 0.717) is 12.3 Å². The van der Waals surface area contributed by atoms with E-state index >= 15 is 0 Å². The third-order valence-corrected chi connectivity index (χ3v) is 3.01. The van der Waals surface area contributed by atoms with Gasteiger partial charge in [0.1, 0.15) is 4.84 Å². The van der Waals surface area contributed by atoms with E-state index in [-0.39, 0.29) is 6.10 Å². The fourth-order valence-corrected chi connectivity index (χ4v) is 1.95. The topological polar surface area (TPSA) is 9.23 Å². The molecule has 1 aromatic carbocycles. The van der Waals surface area contributed by atoms with Gasteiger partial charge in [-0.1, -0.05) is 38.1 Å². The van der Waals surface area contributed by atoms with E-state index in [1.54, 1.807) is 7.11 Å². The molecular weight excluding hydrogens is 243 g/mol. The molecule has 0 aliphatic carbocycles. The normalized spacial score (nSPS) is 13.4. The summed E-state index contributed by atoms with van der Waals surface area (Å²) in [5.74, 6) is 0.545. The lowest BCUT2D eigenvalue weighted by atomic mass is 9.99. The smallest absolute Gasteiger partial charge is 0.110 e. The maximum atomic E-state index is 5.77. The van der Waals surface area contributed by atoms with Crippen LogP contribution in [0.1, 0.15) is 43.4 Å². The Labute approximate surface area is 108 Å². The van der Waals surface area contributed by atoms with E-state index in [1.165, 1.54) is 5.56 Å². The Balaban J connectivity index is 2.78. The van der Waals surface area contributed by atoms with E-state index in [9.17, 15) is 0 Å². The summed E-state index contributed by atoms with van der Waals surface area (Å²) in [6.45, 7) is 4.35. The van der Waals surface area contributed by atoms with Crippen LogP contribution in [0.25, 0.3) is 0 Å². The predicted octanol–water partition coefficient (Wildman–Crippen LogP) is 4.69. The van der Waals surface area contributed by atoms with Crippen molar-refractivity contribution >= 4 is 23.2 Å². The van der Waals surface area contributed by atoms with Gasteiger partial charge in [0, 0.05) is 13.5 Å². The van der Waals surface area contributed by atoms with Gasteiger partial charge in [-0.2, -0.15) is 0 Å². The average molecular weight is 261 g/mol. The van der Waals surface area contributed by atoms with Crippen molar-refractivity contribution in [3.05, 3.63) is 35.4 Å². The molecule has 0 saturated heterocycles. The van der Waals surface area contributed by atoms with Crippen LogP contribution in [0.4, 0.5) is 0 Å². The molecule has 90 valence electrons. The van der Waals surface area contributed by atoms with E-state index in [0.717, 1.165) is 5.56 Å². The van der Waals surface area contributed by atoms with Crippen LogP contribution >= 0.6 is 23.2 Å². The average Bonchev–Trinajstić information content (AvgIpc) is 2.25. The van der Waals surface area contributed by atoms with E-state index in [2.05, 4.69) is 38.1 Å². The van der Waals surface area contributed by atoms with Crippen molar-refractivity contribution in [3.63, 3.8) is 0 Å². The first-order valence-electron chi connectivity index (χ1n) is 5.45. The van der Waals surface area contributed by atoms with Crippen LogP contribution in [-0.2, 0) is 4.74 Å². The van der Waals surface area contributed by atoms with Gasteiger partial charge >= 0.3 is 0 Å². The van der Waals surface area contributed by atoms with Gasteiger partial charge in [0.25, 0.3) is 0 Å². The second kappa shape index (κ2) is 6.48. The quantitative estimate of drug-likeness (QED) is 0.698. The van der Waals surface area contributed by atoms with Crippen molar-refractivity contribution in [1.82, 2.24) is 0 Å². The highest BCUT2D eigenvalue weighted by atomic mass is 35.5. The first-order chi connectivity index (χ1) is 7.54. The predicted molar refractivity (Wildman–Crippen MR) is 70.4 cm³/mol. The summed E-state index contributed by atoms with van der Waals surface area (Å²) in [5.41, 5.74) is 2.45. The Morgan fingerprint density at radius 1 is 1.06 bits per heavy atom. The Bertz CT molecular complexity index is 306. The Morgan fingerprint density at radius 3 is 1.94 bits per heavy atom. The molecule has 0 amide bonds. The summed E-state index contributed by atoms with van der Waals surface area (Å²) in [6, 6.07) is 8.42. The molecule has 0 heterocycles. The number of ether oxygens (including phenoxy) is 1. The van der Waals surface area contributed by atoms with Gasteiger partial charge < -0.3 is 4.74 Å². The van der Waals surface area contributed by atoms with Gasteiger partial charge in [0.2, 0.25) is 0 Å². The highest BCUT2D eigenvalue weighted by Crippen LogP contribution is 2.27. The molecule has 0 spiro atoms. The number of methoxy groups -OCH3 is 1. The van der Waals surface area contributed by atoms with Crippen molar-refractivity contribution in [2.75, 3.05) is 7.11 Å². The second-order valence-electron chi connectivity index (χ2n) is 4.17. The first-order valence-corrected chi connectivity index (χ1v) is 6.32. The number of benzene rings is 1. The minimum absolute atomic E-state index is 0.0267. The first kappa shape index (κ1) is 13.8. The molecule has 1 unspecified atom stereocenters. The molecule has 0 aliphatic heterocycles. The maximum absolute atomic E-state index is 5.77. The van der Waals surface area contributed by atoms with Gasteiger partial charge in [-0.25, -0.2) is 0 Å². The second-order valence-corrected chi connectivity index (χ2v) is 5.45. The maximum Gasteiger partial charge on any atom is 0.110 e. The zero-order chi connectivity index (χ0) is 12.1. The molecule has 0 N–H and O–H groups in total. The molecule has 1 aromatic rings. The summed E-state index contributed by atoms with van der Waals surface area (Å²) < 4.78 is 5.38. The van der Waals surface area contributed by atoms with Gasteiger partial charge in [-0.15, -0.1) is 23.2 Å². The largest absolute Gasteiger partial charge is 0.377 e. The van der Waals surface area contributed by atoms with Crippen LogP contribution in [0.5, 0.6) is 0 Å². The van der Waals surface area contributed by atoms with Crippen LogP contribution in [0.2, 0.25) is 0 Å². The van der Waals surface area contributed by atoms with Crippen LogP contribution in [0.15, 0.2) is 24.3 Å². The van der Waals surface area contributed by atoms with E-state index in [4.69, 9.17) is 27.9 Å². The SMILES string of the molecule is COC(CC(Cl)Cl)c1ccc(C(C)C)cc1. The molecular formula is C13H18Cl2O. The highest BCUT2D eigenvalue weighted by molar-refractivity contribution is 6.44. The standard InChI is InChI=1S/C13H18Cl2O/c1-9(2)10-4-6-11(7-5-10)12(16-3)8-13(14)15/h4-7,9,12-13H,8H2,1-3H3. The van der Waals surface area contributed by atoms with Crippen LogP contribution in [0, 0.1) is 0 Å². The summed E-state index contributed by atoms with van der Waals surface area (Å²) >= 11 is 11.5. The zero-order valence-electron chi connectivity index (χ0n) is 9.91. The third kappa shape index (κ3) is 3.97. The van der Waals surface area contributed by atoms with Gasteiger partial charge in [-0.3, -0.25) is 0 Å². The number of alkyl halides is 2. The summed E-state index contributed by atoms with van der Waals surface area (Å²) in [7, 11) is 1.68. The summed E-state index contributed by atoms with van der Waals surface area (Å²) in [6.07, 6.45) is 0.585. The fourth-order valence-electron chi connectivity index (χ4n) is 1.63. The van der Waals surface area contributed by atoms with E-state index < -0.39 is 4.84 Å².